The second-order valence-electron chi connectivity index (χ2n) is 3.92. The number of anilines is 1. The number of hydrogen-bond acceptors (Lipinski definition) is 3. The lowest BCUT2D eigenvalue weighted by atomic mass is 10.1. The number of aromatic amines is 1. The molecule has 2 rings (SSSR count). The van der Waals surface area contributed by atoms with E-state index in [0.29, 0.717) is 11.3 Å². The van der Waals surface area contributed by atoms with E-state index in [4.69, 9.17) is 10.00 Å². The van der Waals surface area contributed by atoms with Crippen molar-refractivity contribution in [3.8, 4) is 17.3 Å². The smallest absolute Gasteiger partial charge is 0.411 e. The van der Waals surface area contributed by atoms with Gasteiger partial charge in [-0.25, -0.2) is 9.18 Å². The van der Waals surface area contributed by atoms with Crippen LogP contribution in [0.25, 0.3) is 11.3 Å². The van der Waals surface area contributed by atoms with Gasteiger partial charge in [-0.3, -0.25) is 5.32 Å². The minimum Gasteiger partial charge on any atom is -0.450 e. The molecule has 0 radical (unpaired) electrons. The van der Waals surface area contributed by atoms with E-state index in [9.17, 15) is 9.18 Å². The van der Waals surface area contributed by atoms with E-state index in [1.807, 2.05) is 6.07 Å². The quantitative estimate of drug-likeness (QED) is 0.900. The number of nitriles is 1. The lowest BCUT2D eigenvalue weighted by Crippen LogP contribution is -2.13. The molecular weight excluding hydrogens is 261 g/mol. The molecule has 2 N–H and O–H groups in total. The van der Waals surface area contributed by atoms with Crippen LogP contribution in [-0.2, 0) is 4.74 Å². The lowest BCUT2D eigenvalue weighted by molar-refractivity contribution is 0.168. The zero-order valence-corrected chi connectivity index (χ0v) is 10.7. The number of hydrogen-bond donors (Lipinski definition) is 2. The standard InChI is InChI=1S/C14H12FN3O2/c1-2-20-14(19)18-10-3-4-11(12(15)7-10)13-9(8-16)5-6-17-13/h3-7,17H,2H2,1H3,(H,18,19). The maximum Gasteiger partial charge on any atom is 0.411 e. The monoisotopic (exact) mass is 273 g/mol. The largest absolute Gasteiger partial charge is 0.450 e. The molecule has 1 amide bonds. The van der Waals surface area contributed by atoms with Crippen molar-refractivity contribution in [1.82, 2.24) is 4.98 Å². The molecule has 1 aromatic heterocycles. The van der Waals surface area contributed by atoms with Crippen molar-refractivity contribution < 1.29 is 13.9 Å². The van der Waals surface area contributed by atoms with Crippen LogP contribution in [0.15, 0.2) is 30.5 Å². The maximum absolute atomic E-state index is 14.0. The Morgan fingerprint density at radius 2 is 2.30 bits per heavy atom. The van der Waals surface area contributed by atoms with Crippen LogP contribution in [0, 0.1) is 17.1 Å². The van der Waals surface area contributed by atoms with Gasteiger partial charge in [0.2, 0.25) is 0 Å². The summed E-state index contributed by atoms with van der Waals surface area (Å²) >= 11 is 0. The Labute approximate surface area is 115 Å². The molecule has 5 nitrogen and oxygen atoms in total. The van der Waals surface area contributed by atoms with E-state index in [1.54, 1.807) is 19.2 Å². The summed E-state index contributed by atoms with van der Waals surface area (Å²) in [5, 5.41) is 11.3. The van der Waals surface area contributed by atoms with Crippen LogP contribution >= 0.6 is 0 Å². The normalized spacial score (nSPS) is 9.85. The highest BCUT2D eigenvalue weighted by Crippen LogP contribution is 2.26. The summed E-state index contributed by atoms with van der Waals surface area (Å²) in [5.74, 6) is -0.543. The topological polar surface area (TPSA) is 77.9 Å². The number of benzene rings is 1. The van der Waals surface area contributed by atoms with Gasteiger partial charge in [-0.1, -0.05) is 0 Å². The molecule has 1 heterocycles. The highest BCUT2D eigenvalue weighted by Gasteiger charge is 2.12. The number of rotatable bonds is 3. The molecule has 0 aliphatic rings. The third-order valence-electron chi connectivity index (χ3n) is 2.63. The molecule has 1 aromatic carbocycles. The molecule has 0 saturated carbocycles. The van der Waals surface area contributed by atoms with Crippen LogP contribution in [0.4, 0.5) is 14.9 Å². The summed E-state index contributed by atoms with van der Waals surface area (Å²) < 4.78 is 18.7. The average molecular weight is 273 g/mol. The fraction of sp³-hybridized carbons (Fsp3) is 0.143. The predicted octanol–water partition coefficient (Wildman–Crippen LogP) is 3.26. The van der Waals surface area contributed by atoms with E-state index >= 15 is 0 Å². The molecule has 102 valence electrons. The molecule has 0 atom stereocenters. The van der Waals surface area contributed by atoms with E-state index in [1.165, 1.54) is 18.2 Å². The number of aromatic nitrogens is 1. The fourth-order valence-corrected chi connectivity index (χ4v) is 1.77. The average Bonchev–Trinajstić information content (AvgIpc) is 2.87. The van der Waals surface area contributed by atoms with Gasteiger partial charge in [-0.2, -0.15) is 5.26 Å². The number of nitrogens with one attached hydrogen (secondary N) is 2. The molecule has 0 saturated heterocycles. The molecule has 2 aromatic rings. The summed E-state index contributed by atoms with van der Waals surface area (Å²) in [7, 11) is 0. The number of nitrogens with zero attached hydrogens (tertiary/aromatic N) is 1. The summed E-state index contributed by atoms with van der Waals surface area (Å²) in [6.07, 6.45) is 0.926. The predicted molar refractivity (Wildman–Crippen MR) is 71.5 cm³/mol. The summed E-state index contributed by atoms with van der Waals surface area (Å²) in [4.78, 5) is 14.1. The van der Waals surface area contributed by atoms with Gasteiger partial charge in [0, 0.05) is 17.4 Å². The number of amides is 1. The highest BCUT2D eigenvalue weighted by atomic mass is 19.1. The number of H-pyrrole nitrogens is 1. The molecule has 0 aliphatic heterocycles. The number of ether oxygens (including phenoxy) is 1. The maximum atomic E-state index is 14.0. The van der Waals surface area contributed by atoms with Crippen LogP contribution in [0.3, 0.4) is 0 Å². The first-order chi connectivity index (χ1) is 9.65. The minimum absolute atomic E-state index is 0.237. The first-order valence-electron chi connectivity index (χ1n) is 5.97. The zero-order chi connectivity index (χ0) is 14.5. The Hall–Kier alpha value is -2.81. The molecule has 0 aliphatic carbocycles. The van der Waals surface area contributed by atoms with Crippen LogP contribution in [0.2, 0.25) is 0 Å². The fourth-order valence-electron chi connectivity index (χ4n) is 1.77. The van der Waals surface area contributed by atoms with Gasteiger partial charge in [0.25, 0.3) is 0 Å². The Bertz CT molecular complexity index is 673. The van der Waals surface area contributed by atoms with Crippen molar-refractivity contribution in [3.05, 3.63) is 41.8 Å². The van der Waals surface area contributed by atoms with Gasteiger partial charge in [0.15, 0.2) is 0 Å². The molecule has 0 unspecified atom stereocenters. The Kier molecular flexibility index (Phi) is 4.01. The van der Waals surface area contributed by atoms with Crippen molar-refractivity contribution >= 4 is 11.8 Å². The van der Waals surface area contributed by atoms with E-state index in [2.05, 4.69) is 10.3 Å². The third-order valence-corrected chi connectivity index (χ3v) is 2.63. The zero-order valence-electron chi connectivity index (χ0n) is 10.7. The van der Waals surface area contributed by atoms with E-state index < -0.39 is 11.9 Å². The molecular formula is C14H12FN3O2. The van der Waals surface area contributed by atoms with E-state index in [-0.39, 0.29) is 17.9 Å². The van der Waals surface area contributed by atoms with Gasteiger partial charge < -0.3 is 9.72 Å². The van der Waals surface area contributed by atoms with Crippen LogP contribution in [-0.4, -0.2) is 17.7 Å². The van der Waals surface area contributed by atoms with Gasteiger partial charge in [-0.15, -0.1) is 0 Å². The van der Waals surface area contributed by atoms with Crippen molar-refractivity contribution in [1.29, 1.82) is 5.26 Å². The Morgan fingerprint density at radius 1 is 1.50 bits per heavy atom. The van der Waals surface area contributed by atoms with E-state index in [0.717, 1.165) is 0 Å². The Morgan fingerprint density at radius 3 is 2.95 bits per heavy atom. The molecule has 6 heteroatoms. The van der Waals surface area contributed by atoms with Gasteiger partial charge in [0.05, 0.1) is 17.9 Å². The number of carbonyl (C=O) groups is 1. The van der Waals surface area contributed by atoms with Crippen molar-refractivity contribution in [2.75, 3.05) is 11.9 Å². The number of halogens is 1. The minimum atomic E-state index is -0.641. The number of carbonyl (C=O) groups excluding carboxylic acids is 1. The van der Waals surface area contributed by atoms with Gasteiger partial charge >= 0.3 is 6.09 Å². The molecule has 0 spiro atoms. The summed E-state index contributed by atoms with van der Waals surface area (Å²) in [5.41, 5.74) is 1.32. The van der Waals surface area contributed by atoms with Crippen LogP contribution < -0.4 is 5.32 Å². The van der Waals surface area contributed by atoms with Crippen LogP contribution in [0.1, 0.15) is 12.5 Å². The highest BCUT2D eigenvalue weighted by molar-refractivity contribution is 5.85. The Balaban J connectivity index is 2.27. The molecule has 0 fully saturated rings. The van der Waals surface area contributed by atoms with Crippen molar-refractivity contribution in [2.45, 2.75) is 6.92 Å². The van der Waals surface area contributed by atoms with Crippen molar-refractivity contribution in [3.63, 3.8) is 0 Å². The van der Waals surface area contributed by atoms with Gasteiger partial charge in [0.1, 0.15) is 11.9 Å². The van der Waals surface area contributed by atoms with Crippen molar-refractivity contribution in [2.24, 2.45) is 0 Å². The van der Waals surface area contributed by atoms with Gasteiger partial charge in [-0.05, 0) is 31.2 Å². The summed E-state index contributed by atoms with van der Waals surface area (Å²) in [6.45, 7) is 1.92. The van der Waals surface area contributed by atoms with Crippen LogP contribution in [0.5, 0.6) is 0 Å². The second kappa shape index (κ2) is 5.89. The SMILES string of the molecule is CCOC(=O)Nc1ccc(-c2[nH]ccc2C#N)c(F)c1. The first kappa shape index (κ1) is 13.6. The lowest BCUT2D eigenvalue weighted by Gasteiger charge is -2.07. The third kappa shape index (κ3) is 2.78. The first-order valence-corrected chi connectivity index (χ1v) is 5.97. The second-order valence-corrected chi connectivity index (χ2v) is 3.92. The summed E-state index contributed by atoms with van der Waals surface area (Å²) in [6, 6.07) is 7.75. The molecule has 20 heavy (non-hydrogen) atoms. The molecule has 0 bridgehead atoms.